The van der Waals surface area contributed by atoms with Crippen LogP contribution >= 0.6 is 11.6 Å². The first-order valence-corrected chi connectivity index (χ1v) is 3.45. The van der Waals surface area contributed by atoms with Crippen molar-refractivity contribution < 1.29 is 9.47 Å². The van der Waals surface area contributed by atoms with Crippen LogP contribution in [0.25, 0.3) is 0 Å². The van der Waals surface area contributed by atoms with Crippen LogP contribution in [0.3, 0.4) is 0 Å². The van der Waals surface area contributed by atoms with E-state index in [9.17, 15) is 0 Å². The number of rotatable bonds is 3. The number of pyridine rings is 1. The van der Waals surface area contributed by atoms with Gasteiger partial charge >= 0.3 is 0 Å². The molecule has 0 aliphatic rings. The molecule has 1 heterocycles. The van der Waals surface area contributed by atoms with Gasteiger partial charge in [0.1, 0.15) is 5.15 Å². The maximum Gasteiger partial charge on any atom is 0.216 e. The van der Waals surface area contributed by atoms with Crippen LogP contribution in [0.1, 0.15) is 0 Å². The molecule has 0 aliphatic carbocycles. The van der Waals surface area contributed by atoms with Crippen LogP contribution in [0.2, 0.25) is 5.15 Å². The highest BCUT2D eigenvalue weighted by Gasteiger charge is 1.93. The van der Waals surface area contributed by atoms with Gasteiger partial charge in [-0.25, -0.2) is 4.98 Å². The molecule has 0 amide bonds. The van der Waals surface area contributed by atoms with Gasteiger partial charge in [-0.2, -0.15) is 0 Å². The van der Waals surface area contributed by atoms with Gasteiger partial charge in [-0.15, -0.1) is 0 Å². The summed E-state index contributed by atoms with van der Waals surface area (Å²) in [4.78, 5) is 3.87. The van der Waals surface area contributed by atoms with Crippen molar-refractivity contribution in [3.05, 3.63) is 23.4 Å². The van der Waals surface area contributed by atoms with E-state index in [-0.39, 0.29) is 6.79 Å². The van der Waals surface area contributed by atoms with Gasteiger partial charge < -0.3 is 9.47 Å². The van der Waals surface area contributed by atoms with E-state index in [0.29, 0.717) is 11.0 Å². The molecule has 0 bridgehead atoms. The number of hydrogen-bond donors (Lipinski definition) is 0. The van der Waals surface area contributed by atoms with E-state index < -0.39 is 0 Å². The van der Waals surface area contributed by atoms with Gasteiger partial charge in [0.05, 0.1) is 0 Å². The molecule has 0 unspecified atom stereocenters. The molecule has 0 atom stereocenters. The van der Waals surface area contributed by atoms with E-state index in [1.165, 1.54) is 0 Å². The van der Waals surface area contributed by atoms with Crippen molar-refractivity contribution in [3.63, 3.8) is 0 Å². The number of ether oxygens (including phenoxy) is 2. The second-order valence-electron chi connectivity index (χ2n) is 1.85. The van der Waals surface area contributed by atoms with Gasteiger partial charge in [-0.3, -0.25) is 0 Å². The zero-order chi connectivity index (χ0) is 8.10. The van der Waals surface area contributed by atoms with Crippen molar-refractivity contribution >= 4 is 11.6 Å². The summed E-state index contributed by atoms with van der Waals surface area (Å²) >= 11 is 5.59. The summed E-state index contributed by atoms with van der Waals surface area (Å²) in [6.07, 6.45) is 0. The Bertz CT molecular complexity index is 229. The minimum atomic E-state index is 0.188. The quantitative estimate of drug-likeness (QED) is 0.515. The lowest BCUT2D eigenvalue weighted by Gasteiger charge is -2.01. The summed E-state index contributed by atoms with van der Waals surface area (Å²) in [5.74, 6) is 0.472. The molecule has 0 radical (unpaired) electrons. The Hall–Kier alpha value is -0.800. The Morgan fingerprint density at radius 2 is 2.36 bits per heavy atom. The van der Waals surface area contributed by atoms with Crippen LogP contribution in [0.4, 0.5) is 0 Å². The van der Waals surface area contributed by atoms with Crippen LogP contribution in [0.15, 0.2) is 18.2 Å². The number of hydrogen-bond acceptors (Lipinski definition) is 3. The van der Waals surface area contributed by atoms with E-state index in [1.54, 1.807) is 25.3 Å². The zero-order valence-electron chi connectivity index (χ0n) is 6.08. The van der Waals surface area contributed by atoms with Crippen LogP contribution in [-0.2, 0) is 4.74 Å². The summed E-state index contributed by atoms with van der Waals surface area (Å²) < 4.78 is 9.70. The molecule has 0 aromatic carbocycles. The standard InChI is InChI=1S/C7H8ClNO2/c1-10-5-11-7-4-2-3-6(8)9-7/h2-4H,5H2,1H3. The second kappa shape index (κ2) is 4.16. The lowest BCUT2D eigenvalue weighted by molar-refractivity contribution is 0.0478. The molecular weight excluding hydrogens is 166 g/mol. The molecule has 0 saturated heterocycles. The van der Waals surface area contributed by atoms with Crippen LogP contribution in [0.5, 0.6) is 5.88 Å². The van der Waals surface area contributed by atoms with Gasteiger partial charge in [0.2, 0.25) is 5.88 Å². The molecule has 4 heteroatoms. The van der Waals surface area contributed by atoms with Crippen molar-refractivity contribution in [3.8, 4) is 5.88 Å². The van der Waals surface area contributed by atoms with Crippen molar-refractivity contribution in [2.45, 2.75) is 0 Å². The molecule has 0 spiro atoms. The second-order valence-corrected chi connectivity index (χ2v) is 2.24. The molecule has 0 N–H and O–H groups in total. The number of methoxy groups -OCH3 is 1. The lowest BCUT2D eigenvalue weighted by Crippen LogP contribution is -1.99. The first-order valence-electron chi connectivity index (χ1n) is 3.07. The van der Waals surface area contributed by atoms with Gasteiger partial charge in [0.15, 0.2) is 6.79 Å². The van der Waals surface area contributed by atoms with Gasteiger partial charge in [0, 0.05) is 13.2 Å². The maximum atomic E-state index is 5.59. The minimum absolute atomic E-state index is 0.188. The summed E-state index contributed by atoms with van der Waals surface area (Å²) in [5, 5.41) is 0.415. The topological polar surface area (TPSA) is 31.4 Å². The summed E-state index contributed by atoms with van der Waals surface area (Å²) in [6.45, 7) is 0.188. The van der Waals surface area contributed by atoms with Gasteiger partial charge in [-0.05, 0) is 6.07 Å². The van der Waals surface area contributed by atoms with Crippen LogP contribution < -0.4 is 4.74 Å². The molecule has 60 valence electrons. The average molecular weight is 174 g/mol. The third-order valence-electron chi connectivity index (χ3n) is 1.01. The first-order chi connectivity index (χ1) is 5.33. The molecule has 1 aromatic rings. The largest absolute Gasteiger partial charge is 0.451 e. The van der Waals surface area contributed by atoms with Crippen LogP contribution in [-0.4, -0.2) is 18.9 Å². The third kappa shape index (κ3) is 2.74. The smallest absolute Gasteiger partial charge is 0.216 e. The highest BCUT2D eigenvalue weighted by Crippen LogP contribution is 2.10. The third-order valence-corrected chi connectivity index (χ3v) is 1.22. The fourth-order valence-corrected chi connectivity index (χ4v) is 0.745. The Labute approximate surface area is 69.9 Å². The summed E-state index contributed by atoms with van der Waals surface area (Å²) in [7, 11) is 1.55. The average Bonchev–Trinajstić information content (AvgIpc) is 2.01. The predicted octanol–water partition coefficient (Wildman–Crippen LogP) is 1.72. The number of aromatic nitrogens is 1. The lowest BCUT2D eigenvalue weighted by atomic mass is 10.5. The van der Waals surface area contributed by atoms with Crippen LogP contribution in [0, 0.1) is 0 Å². The highest BCUT2D eigenvalue weighted by molar-refractivity contribution is 6.29. The molecule has 0 fully saturated rings. The number of halogens is 1. The minimum Gasteiger partial charge on any atom is -0.451 e. The van der Waals surface area contributed by atoms with Gasteiger partial charge in [0.25, 0.3) is 0 Å². The van der Waals surface area contributed by atoms with E-state index in [0.717, 1.165) is 0 Å². The maximum absolute atomic E-state index is 5.59. The molecule has 11 heavy (non-hydrogen) atoms. The Balaban J connectivity index is 2.56. The highest BCUT2D eigenvalue weighted by atomic mass is 35.5. The number of nitrogens with zero attached hydrogens (tertiary/aromatic N) is 1. The van der Waals surface area contributed by atoms with Crippen molar-refractivity contribution in [1.82, 2.24) is 4.98 Å². The first kappa shape index (κ1) is 8.30. The van der Waals surface area contributed by atoms with E-state index >= 15 is 0 Å². The molecule has 1 aromatic heterocycles. The molecular formula is C7H8ClNO2. The Kier molecular flexibility index (Phi) is 3.14. The zero-order valence-corrected chi connectivity index (χ0v) is 6.84. The Morgan fingerprint density at radius 1 is 1.55 bits per heavy atom. The summed E-state index contributed by atoms with van der Waals surface area (Å²) in [5.41, 5.74) is 0. The monoisotopic (exact) mass is 173 g/mol. The van der Waals surface area contributed by atoms with E-state index in [4.69, 9.17) is 16.3 Å². The molecule has 0 saturated carbocycles. The fourth-order valence-electron chi connectivity index (χ4n) is 0.589. The van der Waals surface area contributed by atoms with Crippen molar-refractivity contribution in [1.29, 1.82) is 0 Å². The predicted molar refractivity (Wildman–Crippen MR) is 41.8 cm³/mol. The SMILES string of the molecule is COCOc1cccc(Cl)n1. The molecule has 0 aliphatic heterocycles. The Morgan fingerprint density at radius 3 is 3.00 bits per heavy atom. The molecule has 3 nitrogen and oxygen atoms in total. The van der Waals surface area contributed by atoms with E-state index in [2.05, 4.69) is 9.72 Å². The van der Waals surface area contributed by atoms with Crippen molar-refractivity contribution in [2.75, 3.05) is 13.9 Å². The normalized spacial score (nSPS) is 9.64. The summed E-state index contributed by atoms with van der Waals surface area (Å²) in [6, 6.07) is 5.16. The van der Waals surface area contributed by atoms with E-state index in [1.807, 2.05) is 0 Å². The van der Waals surface area contributed by atoms with Crippen molar-refractivity contribution in [2.24, 2.45) is 0 Å². The van der Waals surface area contributed by atoms with Gasteiger partial charge in [-0.1, -0.05) is 17.7 Å². The molecule has 1 rings (SSSR count). The fraction of sp³-hybridized carbons (Fsp3) is 0.286.